The molecule has 0 spiro atoms. The summed E-state index contributed by atoms with van der Waals surface area (Å²) in [4.78, 5) is 48.3. The molecule has 2 amide bonds. The number of nitrogens with two attached hydrogens (primary N) is 2. The summed E-state index contributed by atoms with van der Waals surface area (Å²) in [6.07, 6.45) is 6.77. The van der Waals surface area contributed by atoms with Crippen molar-refractivity contribution >= 4 is 47.0 Å². The number of fused-ring (bicyclic) bond motifs is 2. The highest BCUT2D eigenvalue weighted by Gasteiger charge is 2.46. The van der Waals surface area contributed by atoms with Crippen molar-refractivity contribution in [2.24, 2.45) is 23.3 Å². The maximum atomic E-state index is 15.2. The Morgan fingerprint density at radius 1 is 0.526 bits per heavy atom. The minimum Gasteiger partial charge on any atom is -0.481 e. The van der Waals surface area contributed by atoms with Gasteiger partial charge < -0.3 is 41.0 Å². The first-order chi connectivity index (χ1) is 37.5. The largest absolute Gasteiger partial charge is 0.481 e. The van der Waals surface area contributed by atoms with E-state index in [4.69, 9.17) is 53.6 Å². The molecule has 6 N–H and O–H groups in total. The summed E-state index contributed by atoms with van der Waals surface area (Å²) in [5, 5.41) is 7.55. The number of benzene rings is 6. The van der Waals surface area contributed by atoms with Gasteiger partial charge in [-0.2, -0.15) is 0 Å². The normalized spacial score (nSPS) is 22.2. The summed E-state index contributed by atoms with van der Waals surface area (Å²) in [5.41, 5.74) is 11.8. The van der Waals surface area contributed by atoms with Crippen LogP contribution < -0.4 is 31.6 Å². The van der Waals surface area contributed by atoms with Gasteiger partial charge in [0.1, 0.15) is 11.5 Å². The first-order valence-corrected chi connectivity index (χ1v) is 26.5. The molecule has 4 aliphatic rings. The Morgan fingerprint density at radius 2 is 0.885 bits per heavy atom. The van der Waals surface area contributed by atoms with Crippen molar-refractivity contribution in [2.75, 3.05) is 27.3 Å². The van der Waals surface area contributed by atoms with Crippen LogP contribution in [0.25, 0.3) is 22.3 Å². The number of amides is 2. The highest BCUT2D eigenvalue weighted by Crippen LogP contribution is 2.51. The zero-order valence-electron chi connectivity index (χ0n) is 42.9. The molecule has 2 atom stereocenters. The van der Waals surface area contributed by atoms with Crippen LogP contribution in [0.5, 0.6) is 11.5 Å². The topological polar surface area (TPSA) is 181 Å². The molecule has 0 unspecified atom stereocenters. The van der Waals surface area contributed by atoms with Gasteiger partial charge in [-0.3, -0.25) is 19.2 Å². The summed E-state index contributed by atoms with van der Waals surface area (Å²) in [7, 11) is 2.82. The number of nitrogens with one attached hydrogen (secondary N) is 2. The molecule has 2 fully saturated rings. The van der Waals surface area contributed by atoms with E-state index in [1.807, 2.05) is 60.7 Å². The lowest BCUT2D eigenvalue weighted by Gasteiger charge is -2.34. The standard InChI is InChI=1S/2C30H29ClF2N2O4/c2*1-38-29(37)17-7-9-19(10-8-17)35-16-30(18-5-3-2-4-6-18)15-21-24(39-30)14-12-22(31)25(21)26-20(28(34)36)11-13-23(32)27(26)33/h2*2-6,11-14,17,19,35H,7-10,15-16H2,1H3,(H2,34,36)/t2*17?,19?,30-/m11/s1. The molecule has 12 nitrogen and oxygen atoms in total. The van der Waals surface area contributed by atoms with Crippen LogP contribution in [-0.2, 0) is 43.1 Å². The van der Waals surface area contributed by atoms with Gasteiger partial charge in [0.05, 0.1) is 37.2 Å². The van der Waals surface area contributed by atoms with E-state index in [2.05, 4.69) is 10.6 Å². The molecule has 6 aromatic carbocycles. The SMILES string of the molecule is COC(=O)C1CCC(NC[C@@]2(c3ccccc3)Cc3c(ccc(Cl)c3-c3c(C(N)=O)ccc(F)c3F)O2)CC1.COC(=O)C1CCC(NC[C@@]2(c3ccccc3)Cc3c(ccc(Cl)c3-c3c(C(N)=O)ccc(F)c3F)O2)CC1. The summed E-state index contributed by atoms with van der Waals surface area (Å²) in [6.45, 7) is 0.842. The Kier molecular flexibility index (Phi) is 16.8. The van der Waals surface area contributed by atoms with Gasteiger partial charge in [0, 0.05) is 81.4 Å². The molecular weight excluding hydrogens is 1050 g/mol. The molecule has 2 saturated carbocycles. The minimum atomic E-state index is -1.20. The lowest BCUT2D eigenvalue weighted by atomic mass is 9.83. The van der Waals surface area contributed by atoms with Gasteiger partial charge in [0.15, 0.2) is 34.5 Å². The van der Waals surface area contributed by atoms with Gasteiger partial charge >= 0.3 is 11.9 Å². The Morgan fingerprint density at radius 3 is 1.22 bits per heavy atom. The second-order valence-corrected chi connectivity index (χ2v) is 21.1. The summed E-state index contributed by atoms with van der Waals surface area (Å²) in [6, 6.07) is 30.2. The molecule has 78 heavy (non-hydrogen) atoms. The molecule has 408 valence electrons. The molecule has 2 aliphatic carbocycles. The van der Waals surface area contributed by atoms with Crippen LogP contribution in [-0.4, -0.2) is 63.1 Å². The summed E-state index contributed by atoms with van der Waals surface area (Å²) in [5.74, 6) is -5.99. The summed E-state index contributed by atoms with van der Waals surface area (Å²) >= 11 is 13.2. The monoisotopic (exact) mass is 1110 g/mol. The fraction of sp³-hybridized carbons (Fsp3) is 0.333. The molecule has 6 aromatic rings. The van der Waals surface area contributed by atoms with E-state index in [1.54, 1.807) is 24.3 Å². The number of carbonyl (C=O) groups is 4. The fourth-order valence-electron chi connectivity index (χ4n) is 11.6. The lowest BCUT2D eigenvalue weighted by Crippen LogP contribution is -2.47. The minimum absolute atomic E-state index is 0.0894. The number of carbonyl (C=O) groups excluding carboxylic acids is 4. The van der Waals surface area contributed by atoms with E-state index in [0.717, 1.165) is 86.8 Å². The van der Waals surface area contributed by atoms with Crippen LogP contribution >= 0.6 is 23.2 Å². The van der Waals surface area contributed by atoms with Crippen molar-refractivity contribution < 1.29 is 55.7 Å². The third kappa shape index (κ3) is 11.2. The smallest absolute Gasteiger partial charge is 0.308 e. The number of rotatable bonds is 14. The van der Waals surface area contributed by atoms with E-state index in [1.165, 1.54) is 14.2 Å². The number of ether oxygens (including phenoxy) is 4. The molecule has 0 bridgehead atoms. The average molecular weight is 1110 g/mol. The third-order valence-corrected chi connectivity index (χ3v) is 16.3. The van der Waals surface area contributed by atoms with Crippen LogP contribution in [0.3, 0.4) is 0 Å². The van der Waals surface area contributed by atoms with Crippen molar-refractivity contribution in [1.29, 1.82) is 0 Å². The molecule has 0 radical (unpaired) electrons. The Hall–Kier alpha value is -6.98. The van der Waals surface area contributed by atoms with E-state index in [-0.39, 0.29) is 79.3 Å². The third-order valence-electron chi connectivity index (χ3n) is 15.7. The number of methoxy groups -OCH3 is 2. The number of halogens is 6. The maximum absolute atomic E-state index is 15.2. The van der Waals surface area contributed by atoms with Gasteiger partial charge in [-0.05, 0) is 111 Å². The highest BCUT2D eigenvalue weighted by atomic mass is 35.5. The Labute approximate surface area is 459 Å². The second kappa shape index (κ2) is 23.5. The van der Waals surface area contributed by atoms with Gasteiger partial charge in [-0.15, -0.1) is 0 Å². The second-order valence-electron chi connectivity index (χ2n) is 20.3. The van der Waals surface area contributed by atoms with Crippen molar-refractivity contribution in [2.45, 2.75) is 87.5 Å². The van der Waals surface area contributed by atoms with E-state index >= 15 is 8.78 Å². The zero-order valence-corrected chi connectivity index (χ0v) is 44.4. The van der Waals surface area contributed by atoms with E-state index < -0.39 is 46.3 Å². The molecular formula is C60H58Cl2F4N4O8. The van der Waals surface area contributed by atoms with Crippen LogP contribution in [0, 0.1) is 35.1 Å². The molecule has 18 heteroatoms. The number of hydrogen-bond donors (Lipinski definition) is 4. The van der Waals surface area contributed by atoms with Crippen LogP contribution in [0.2, 0.25) is 10.0 Å². The van der Waals surface area contributed by atoms with Crippen molar-refractivity contribution in [3.63, 3.8) is 0 Å². The van der Waals surface area contributed by atoms with Gasteiger partial charge in [0.25, 0.3) is 0 Å². The quantitative estimate of drug-likeness (QED) is 0.0605. The zero-order chi connectivity index (χ0) is 55.5. The Bertz CT molecular complexity index is 3030. The maximum Gasteiger partial charge on any atom is 0.308 e. The van der Waals surface area contributed by atoms with Gasteiger partial charge in [-0.25, -0.2) is 17.6 Å². The molecule has 2 heterocycles. The van der Waals surface area contributed by atoms with Crippen LogP contribution in [0.4, 0.5) is 17.6 Å². The van der Waals surface area contributed by atoms with Gasteiger partial charge in [0.2, 0.25) is 11.8 Å². The van der Waals surface area contributed by atoms with Crippen LogP contribution in [0.1, 0.15) is 94.3 Å². The summed E-state index contributed by atoms with van der Waals surface area (Å²) < 4.78 is 82.3. The number of primary amides is 2. The fourth-order valence-corrected chi connectivity index (χ4v) is 12.1. The predicted molar refractivity (Wildman–Crippen MR) is 287 cm³/mol. The average Bonchev–Trinajstić information content (AvgIpc) is 4.27. The molecule has 0 saturated heterocycles. The number of hydrogen-bond acceptors (Lipinski definition) is 10. The first-order valence-electron chi connectivity index (χ1n) is 25.8. The van der Waals surface area contributed by atoms with Crippen molar-refractivity contribution in [3.8, 4) is 33.8 Å². The molecule has 2 aliphatic heterocycles. The first kappa shape index (κ1) is 55.8. The van der Waals surface area contributed by atoms with Gasteiger partial charge in [-0.1, -0.05) is 83.9 Å². The van der Waals surface area contributed by atoms with Crippen LogP contribution in [0.15, 0.2) is 109 Å². The molecule has 10 rings (SSSR count). The lowest BCUT2D eigenvalue weighted by molar-refractivity contribution is -0.147. The van der Waals surface area contributed by atoms with Crippen molar-refractivity contribution in [1.82, 2.24) is 10.6 Å². The highest BCUT2D eigenvalue weighted by molar-refractivity contribution is 6.34. The Balaban J connectivity index is 0.000000190. The van der Waals surface area contributed by atoms with Crippen molar-refractivity contribution in [3.05, 3.63) is 176 Å². The molecule has 0 aromatic heterocycles. The van der Waals surface area contributed by atoms with E-state index in [9.17, 15) is 28.0 Å². The number of esters is 2. The van der Waals surface area contributed by atoms with E-state index in [0.29, 0.717) is 48.6 Å². The predicted octanol–water partition coefficient (Wildman–Crippen LogP) is 11.1.